The normalized spacial score (nSPS) is 10.8. The van der Waals surface area contributed by atoms with Gasteiger partial charge in [0.25, 0.3) is 11.5 Å². The molecule has 0 aliphatic rings. The van der Waals surface area contributed by atoms with Crippen molar-refractivity contribution >= 4 is 57.9 Å². The van der Waals surface area contributed by atoms with E-state index in [1.54, 1.807) is 48.5 Å². The predicted octanol–water partition coefficient (Wildman–Crippen LogP) is 5.61. The molecule has 0 saturated carbocycles. The summed E-state index contributed by atoms with van der Waals surface area (Å²) in [5, 5.41) is 3.92. The molecule has 3 aromatic carbocycles. The van der Waals surface area contributed by atoms with Crippen molar-refractivity contribution in [3.8, 4) is 5.69 Å². The number of carbonyl (C=O) groups is 1. The second-order valence-corrected chi connectivity index (χ2v) is 7.45. The molecule has 1 heterocycles. The molecule has 0 saturated heterocycles. The molecule has 4 rings (SSSR count). The quantitative estimate of drug-likeness (QED) is 0.406. The van der Waals surface area contributed by atoms with Gasteiger partial charge in [-0.15, -0.1) is 0 Å². The number of rotatable bonds is 3. The van der Waals surface area contributed by atoms with E-state index in [1.807, 2.05) is 18.2 Å². The average molecular weight is 442 g/mol. The van der Waals surface area contributed by atoms with Crippen molar-refractivity contribution in [1.29, 1.82) is 0 Å². The summed E-state index contributed by atoms with van der Waals surface area (Å²) in [5.41, 5.74) is 1.77. The summed E-state index contributed by atoms with van der Waals surface area (Å²) < 4.78 is 1.67. The van der Waals surface area contributed by atoms with E-state index in [0.29, 0.717) is 37.9 Å². The van der Waals surface area contributed by atoms with E-state index < -0.39 is 0 Å². The zero-order chi connectivity index (χ0) is 20.5. The first kappa shape index (κ1) is 19.4. The molecule has 1 aromatic heterocycles. The molecular formula is C21H13Cl2N3O2S. The van der Waals surface area contributed by atoms with Gasteiger partial charge < -0.3 is 10.3 Å². The van der Waals surface area contributed by atoms with Crippen LogP contribution in [0.3, 0.4) is 0 Å². The Bertz CT molecular complexity index is 1360. The molecule has 4 aromatic rings. The summed E-state index contributed by atoms with van der Waals surface area (Å²) in [6.45, 7) is 0. The molecule has 0 aliphatic heterocycles. The molecule has 5 nitrogen and oxygen atoms in total. The number of nitrogens with one attached hydrogen (secondary N) is 2. The molecule has 0 fully saturated rings. The summed E-state index contributed by atoms with van der Waals surface area (Å²) in [5.74, 6) is -0.350. The Labute approximate surface area is 180 Å². The minimum absolute atomic E-state index is 0.246. The van der Waals surface area contributed by atoms with Crippen molar-refractivity contribution in [3.63, 3.8) is 0 Å². The maximum absolute atomic E-state index is 12.9. The van der Waals surface area contributed by atoms with Gasteiger partial charge in [-0.05, 0) is 60.7 Å². The molecule has 0 atom stereocenters. The van der Waals surface area contributed by atoms with Crippen molar-refractivity contribution in [3.05, 3.63) is 97.5 Å². The van der Waals surface area contributed by atoms with Crippen LogP contribution in [0.15, 0.2) is 71.5 Å². The van der Waals surface area contributed by atoms with Gasteiger partial charge in [0.15, 0.2) is 4.77 Å². The van der Waals surface area contributed by atoms with Crippen LogP contribution in [-0.4, -0.2) is 15.5 Å². The molecule has 0 radical (unpaired) electrons. The van der Waals surface area contributed by atoms with E-state index in [2.05, 4.69) is 10.3 Å². The third-order valence-electron chi connectivity index (χ3n) is 4.35. The number of para-hydroxylation sites is 1. The number of fused-ring (bicyclic) bond motifs is 1. The first-order chi connectivity index (χ1) is 13.9. The van der Waals surface area contributed by atoms with E-state index in [-0.39, 0.29) is 16.2 Å². The number of hydrogen-bond acceptors (Lipinski definition) is 3. The lowest BCUT2D eigenvalue weighted by Crippen LogP contribution is -2.21. The highest BCUT2D eigenvalue weighted by Crippen LogP contribution is 2.25. The molecule has 0 bridgehead atoms. The third-order valence-corrected chi connectivity index (χ3v) is 5.38. The second kappa shape index (κ2) is 7.83. The van der Waals surface area contributed by atoms with Gasteiger partial charge in [-0.1, -0.05) is 41.4 Å². The first-order valence-corrected chi connectivity index (χ1v) is 9.71. The summed E-state index contributed by atoms with van der Waals surface area (Å²) in [6.07, 6.45) is 0. The maximum Gasteiger partial charge on any atom is 0.266 e. The molecule has 2 N–H and O–H groups in total. The minimum Gasteiger partial charge on any atom is -0.331 e. The predicted molar refractivity (Wildman–Crippen MR) is 119 cm³/mol. The molecule has 144 valence electrons. The lowest BCUT2D eigenvalue weighted by Gasteiger charge is -2.10. The second-order valence-electron chi connectivity index (χ2n) is 6.25. The summed E-state index contributed by atoms with van der Waals surface area (Å²) in [6, 6.07) is 18.7. The Morgan fingerprint density at radius 1 is 0.966 bits per heavy atom. The first-order valence-electron chi connectivity index (χ1n) is 8.55. The smallest absolute Gasteiger partial charge is 0.266 e. The molecule has 0 spiro atoms. The number of hydrogen-bond donors (Lipinski definition) is 2. The van der Waals surface area contributed by atoms with Gasteiger partial charge in [0.05, 0.1) is 26.6 Å². The number of benzene rings is 3. The van der Waals surface area contributed by atoms with Crippen molar-refractivity contribution in [2.45, 2.75) is 0 Å². The fraction of sp³-hybridized carbons (Fsp3) is 0. The van der Waals surface area contributed by atoms with Crippen molar-refractivity contribution in [2.24, 2.45) is 0 Å². The van der Waals surface area contributed by atoms with Crippen LogP contribution in [0.2, 0.25) is 10.0 Å². The molecule has 29 heavy (non-hydrogen) atoms. The standard InChI is InChI=1S/C21H13Cl2N3O2S/c22-16-9-7-13(11-17(16)23)24-19(27)12-6-8-15-18(10-12)25-21(29)26(20(15)28)14-4-2-1-3-5-14/h1-11H,(H,24,27)(H,25,29). The third kappa shape index (κ3) is 3.82. The van der Waals surface area contributed by atoms with E-state index >= 15 is 0 Å². The van der Waals surface area contributed by atoms with Gasteiger partial charge in [-0.3, -0.25) is 14.2 Å². The number of H-pyrrole nitrogens is 1. The summed E-state index contributed by atoms with van der Waals surface area (Å²) >= 11 is 17.2. The van der Waals surface area contributed by atoms with Crippen molar-refractivity contribution in [2.75, 3.05) is 5.32 Å². The van der Waals surface area contributed by atoms with E-state index in [1.165, 1.54) is 4.57 Å². The number of nitrogens with zero attached hydrogens (tertiary/aromatic N) is 1. The fourth-order valence-electron chi connectivity index (χ4n) is 2.95. The van der Waals surface area contributed by atoms with Crippen molar-refractivity contribution in [1.82, 2.24) is 9.55 Å². The van der Waals surface area contributed by atoms with Crippen molar-refractivity contribution < 1.29 is 4.79 Å². The summed E-state index contributed by atoms with van der Waals surface area (Å²) in [4.78, 5) is 28.6. The lowest BCUT2D eigenvalue weighted by atomic mass is 10.1. The number of halogens is 2. The molecule has 0 aliphatic carbocycles. The number of anilines is 1. The zero-order valence-corrected chi connectivity index (χ0v) is 17.1. The number of aromatic nitrogens is 2. The van der Waals surface area contributed by atoms with Crippen LogP contribution in [0.4, 0.5) is 5.69 Å². The monoisotopic (exact) mass is 441 g/mol. The summed E-state index contributed by atoms with van der Waals surface area (Å²) in [7, 11) is 0. The van der Waals surface area contributed by atoms with Crippen LogP contribution in [0.25, 0.3) is 16.6 Å². The van der Waals surface area contributed by atoms with Crippen LogP contribution in [0, 0.1) is 4.77 Å². The molecular weight excluding hydrogens is 429 g/mol. The maximum atomic E-state index is 12.9. The molecule has 0 unspecified atom stereocenters. The molecule has 8 heteroatoms. The molecule has 1 amide bonds. The Hall–Kier alpha value is -2.93. The fourth-order valence-corrected chi connectivity index (χ4v) is 3.54. The number of amides is 1. The van der Waals surface area contributed by atoms with Gasteiger partial charge in [0.2, 0.25) is 0 Å². The number of carbonyl (C=O) groups excluding carboxylic acids is 1. The van der Waals surface area contributed by atoms with Crippen LogP contribution in [0.1, 0.15) is 10.4 Å². The van der Waals surface area contributed by atoms with Crippen LogP contribution in [-0.2, 0) is 0 Å². The van der Waals surface area contributed by atoms with Gasteiger partial charge in [-0.25, -0.2) is 0 Å². The average Bonchev–Trinajstić information content (AvgIpc) is 2.71. The van der Waals surface area contributed by atoms with E-state index in [4.69, 9.17) is 35.4 Å². The highest BCUT2D eigenvalue weighted by molar-refractivity contribution is 7.71. The Morgan fingerprint density at radius 3 is 2.45 bits per heavy atom. The Kier molecular flexibility index (Phi) is 5.24. The SMILES string of the molecule is O=C(Nc1ccc(Cl)c(Cl)c1)c1ccc2c(=O)n(-c3ccccc3)c(=S)[nH]c2c1. The zero-order valence-electron chi connectivity index (χ0n) is 14.8. The van der Waals surface area contributed by atoms with Crippen LogP contribution < -0.4 is 10.9 Å². The topological polar surface area (TPSA) is 66.9 Å². The van der Waals surface area contributed by atoms with Gasteiger partial charge >= 0.3 is 0 Å². The minimum atomic E-state index is -0.350. The van der Waals surface area contributed by atoms with Crippen LogP contribution >= 0.6 is 35.4 Å². The highest BCUT2D eigenvalue weighted by Gasteiger charge is 2.12. The Balaban J connectivity index is 1.73. The lowest BCUT2D eigenvalue weighted by molar-refractivity contribution is 0.102. The van der Waals surface area contributed by atoms with Gasteiger partial charge in [0, 0.05) is 11.3 Å². The van der Waals surface area contributed by atoms with E-state index in [0.717, 1.165) is 0 Å². The largest absolute Gasteiger partial charge is 0.331 e. The van der Waals surface area contributed by atoms with Gasteiger partial charge in [0.1, 0.15) is 0 Å². The van der Waals surface area contributed by atoms with E-state index in [9.17, 15) is 9.59 Å². The van der Waals surface area contributed by atoms with Gasteiger partial charge in [-0.2, -0.15) is 0 Å². The Morgan fingerprint density at radius 2 is 1.72 bits per heavy atom. The van der Waals surface area contributed by atoms with Crippen LogP contribution in [0.5, 0.6) is 0 Å². The number of aromatic amines is 1. The highest BCUT2D eigenvalue weighted by atomic mass is 35.5.